The van der Waals surface area contributed by atoms with Crippen LogP contribution in [0.15, 0.2) is 18.2 Å². The summed E-state index contributed by atoms with van der Waals surface area (Å²) in [5, 5.41) is 9.15. The highest BCUT2D eigenvalue weighted by atomic mass is 16.5. The molecular formula is C15H17N3O3. The number of carbonyl (C=O) groups is 2. The lowest BCUT2D eigenvalue weighted by molar-refractivity contribution is -0.120. The van der Waals surface area contributed by atoms with Gasteiger partial charge in [0.15, 0.2) is 6.61 Å². The third-order valence-electron chi connectivity index (χ3n) is 4.52. The molecule has 2 fully saturated rings. The molecule has 0 radical (unpaired) electrons. The molecule has 21 heavy (non-hydrogen) atoms. The van der Waals surface area contributed by atoms with Crippen LogP contribution in [0.25, 0.3) is 0 Å². The van der Waals surface area contributed by atoms with Gasteiger partial charge in [0.2, 0.25) is 5.91 Å². The van der Waals surface area contributed by atoms with Crippen LogP contribution in [0.1, 0.15) is 19.3 Å². The highest BCUT2D eigenvalue weighted by molar-refractivity contribution is 5.98. The molecule has 3 atom stereocenters. The van der Waals surface area contributed by atoms with E-state index < -0.39 is 0 Å². The van der Waals surface area contributed by atoms with E-state index in [9.17, 15) is 9.59 Å². The maximum absolute atomic E-state index is 12.4. The Morgan fingerprint density at radius 3 is 3.00 bits per heavy atom. The van der Waals surface area contributed by atoms with E-state index >= 15 is 0 Å². The van der Waals surface area contributed by atoms with Gasteiger partial charge in [-0.1, -0.05) is 0 Å². The summed E-state index contributed by atoms with van der Waals surface area (Å²) in [7, 11) is 0. The van der Waals surface area contributed by atoms with Gasteiger partial charge in [-0.3, -0.25) is 9.59 Å². The lowest BCUT2D eigenvalue weighted by Gasteiger charge is -2.21. The number of fused-ring (bicyclic) bond motifs is 3. The molecule has 2 saturated heterocycles. The van der Waals surface area contributed by atoms with E-state index in [4.69, 9.17) is 4.74 Å². The minimum absolute atomic E-state index is 0.0372. The van der Waals surface area contributed by atoms with Crippen molar-refractivity contribution in [1.82, 2.24) is 5.32 Å². The molecule has 2 bridgehead atoms. The summed E-state index contributed by atoms with van der Waals surface area (Å²) in [4.78, 5) is 23.7. The standard InChI is InChI=1S/C15H17N3O3/c19-14-7-21-13-4-2-9(6-12(13)18-14)17-15(20)10-5-8-1-3-11(10)16-8/h2,4,6,8,10-11,16H,1,3,5,7H2,(H,17,20)(H,18,19). The van der Waals surface area contributed by atoms with Gasteiger partial charge in [0.1, 0.15) is 5.75 Å². The second kappa shape index (κ2) is 4.73. The van der Waals surface area contributed by atoms with Crippen LogP contribution in [-0.2, 0) is 9.59 Å². The second-order valence-corrected chi connectivity index (χ2v) is 5.93. The van der Waals surface area contributed by atoms with Crippen LogP contribution in [-0.4, -0.2) is 30.5 Å². The first kappa shape index (κ1) is 12.6. The van der Waals surface area contributed by atoms with Crippen molar-refractivity contribution in [3.8, 4) is 5.75 Å². The van der Waals surface area contributed by atoms with E-state index in [1.165, 1.54) is 6.42 Å². The van der Waals surface area contributed by atoms with Crippen LogP contribution in [0.3, 0.4) is 0 Å². The number of nitrogens with one attached hydrogen (secondary N) is 3. The average molecular weight is 287 g/mol. The maximum Gasteiger partial charge on any atom is 0.262 e. The number of rotatable bonds is 2. The lowest BCUT2D eigenvalue weighted by atomic mass is 9.88. The normalized spacial score (nSPS) is 29.5. The van der Waals surface area contributed by atoms with Gasteiger partial charge >= 0.3 is 0 Å². The Morgan fingerprint density at radius 1 is 1.33 bits per heavy atom. The molecule has 4 rings (SSSR count). The van der Waals surface area contributed by atoms with Crippen LogP contribution in [0.4, 0.5) is 11.4 Å². The summed E-state index contributed by atoms with van der Waals surface area (Å²) in [5.41, 5.74) is 1.29. The quantitative estimate of drug-likeness (QED) is 0.761. The van der Waals surface area contributed by atoms with Crippen molar-refractivity contribution in [3.63, 3.8) is 0 Å². The molecule has 110 valence electrons. The fraction of sp³-hybridized carbons (Fsp3) is 0.467. The van der Waals surface area contributed by atoms with E-state index in [0.29, 0.717) is 29.2 Å². The Bertz CT molecular complexity index is 616. The minimum Gasteiger partial charge on any atom is -0.482 e. The van der Waals surface area contributed by atoms with Crippen LogP contribution >= 0.6 is 0 Å². The Balaban J connectivity index is 1.48. The molecule has 1 aromatic carbocycles. The van der Waals surface area contributed by atoms with Gasteiger partial charge in [-0.25, -0.2) is 0 Å². The molecule has 1 aromatic rings. The van der Waals surface area contributed by atoms with Crippen molar-refractivity contribution in [1.29, 1.82) is 0 Å². The van der Waals surface area contributed by atoms with Crippen LogP contribution in [0.5, 0.6) is 5.75 Å². The van der Waals surface area contributed by atoms with Gasteiger partial charge in [-0.15, -0.1) is 0 Å². The highest BCUT2D eigenvalue weighted by Gasteiger charge is 2.42. The number of anilines is 2. The Morgan fingerprint density at radius 2 is 2.24 bits per heavy atom. The van der Waals surface area contributed by atoms with Crippen LogP contribution in [0.2, 0.25) is 0 Å². The monoisotopic (exact) mass is 287 g/mol. The zero-order valence-corrected chi connectivity index (χ0v) is 11.5. The number of carbonyl (C=O) groups excluding carboxylic acids is 2. The molecule has 3 aliphatic rings. The summed E-state index contributed by atoms with van der Waals surface area (Å²) in [5.74, 6) is 0.556. The van der Waals surface area contributed by atoms with Crippen molar-refractivity contribution in [2.75, 3.05) is 17.2 Å². The topological polar surface area (TPSA) is 79.5 Å². The smallest absolute Gasteiger partial charge is 0.262 e. The average Bonchev–Trinajstić information content (AvgIpc) is 3.09. The van der Waals surface area contributed by atoms with E-state index in [1.807, 2.05) is 0 Å². The molecule has 6 heteroatoms. The third kappa shape index (κ3) is 2.25. The number of hydrogen-bond acceptors (Lipinski definition) is 4. The number of amides is 2. The molecule has 6 nitrogen and oxygen atoms in total. The molecule has 3 N–H and O–H groups in total. The molecule has 3 unspecified atom stereocenters. The van der Waals surface area contributed by atoms with Gasteiger partial charge in [-0.2, -0.15) is 0 Å². The van der Waals surface area contributed by atoms with Crippen molar-refractivity contribution in [2.24, 2.45) is 5.92 Å². The van der Waals surface area contributed by atoms with Crippen LogP contribution in [0, 0.1) is 5.92 Å². The third-order valence-corrected chi connectivity index (χ3v) is 4.52. The van der Waals surface area contributed by atoms with Gasteiger partial charge in [0.25, 0.3) is 5.91 Å². The summed E-state index contributed by atoms with van der Waals surface area (Å²) in [6, 6.07) is 6.13. The SMILES string of the molecule is O=C1COc2ccc(NC(=O)C3CC4CCC3N4)cc2N1. The second-order valence-electron chi connectivity index (χ2n) is 5.93. The predicted octanol–water partition coefficient (Wildman–Crippen LogP) is 1.10. The van der Waals surface area contributed by atoms with Crippen LogP contribution < -0.4 is 20.7 Å². The predicted molar refractivity (Wildman–Crippen MR) is 77.2 cm³/mol. The Hall–Kier alpha value is -2.08. The molecule has 0 aliphatic carbocycles. The van der Waals surface area contributed by atoms with Gasteiger partial charge < -0.3 is 20.7 Å². The molecular weight excluding hydrogens is 270 g/mol. The fourth-order valence-corrected chi connectivity index (χ4v) is 3.51. The molecule has 0 spiro atoms. The Labute approximate surface area is 122 Å². The van der Waals surface area contributed by atoms with Crippen molar-refractivity contribution < 1.29 is 14.3 Å². The first-order valence-corrected chi connectivity index (χ1v) is 7.32. The Kier molecular flexibility index (Phi) is 2.85. The first-order valence-electron chi connectivity index (χ1n) is 7.32. The van der Waals surface area contributed by atoms with Gasteiger partial charge in [0.05, 0.1) is 11.6 Å². The van der Waals surface area contributed by atoms with Crippen molar-refractivity contribution in [2.45, 2.75) is 31.3 Å². The molecule has 3 aliphatic heterocycles. The van der Waals surface area contributed by atoms with Gasteiger partial charge in [0, 0.05) is 17.8 Å². The van der Waals surface area contributed by atoms with E-state index in [1.54, 1.807) is 18.2 Å². The largest absolute Gasteiger partial charge is 0.482 e. The van der Waals surface area contributed by atoms with E-state index in [2.05, 4.69) is 16.0 Å². The molecule has 0 aromatic heterocycles. The van der Waals surface area contributed by atoms with Gasteiger partial charge in [-0.05, 0) is 37.5 Å². The minimum atomic E-state index is -0.178. The molecule has 3 heterocycles. The van der Waals surface area contributed by atoms with Crippen molar-refractivity contribution >= 4 is 23.2 Å². The number of benzene rings is 1. The van der Waals surface area contributed by atoms with E-state index in [0.717, 1.165) is 12.8 Å². The zero-order chi connectivity index (χ0) is 14.4. The van der Waals surface area contributed by atoms with E-state index in [-0.39, 0.29) is 24.3 Å². The zero-order valence-electron chi connectivity index (χ0n) is 11.5. The summed E-state index contributed by atoms with van der Waals surface area (Å²) in [6.45, 7) is 0.0372. The summed E-state index contributed by atoms with van der Waals surface area (Å²) in [6.07, 6.45) is 3.18. The molecule has 2 amide bonds. The summed E-state index contributed by atoms with van der Waals surface area (Å²) >= 11 is 0. The number of ether oxygens (including phenoxy) is 1. The van der Waals surface area contributed by atoms with Crippen molar-refractivity contribution in [3.05, 3.63) is 18.2 Å². The first-order chi connectivity index (χ1) is 10.2. The highest BCUT2D eigenvalue weighted by Crippen LogP contribution is 2.35. The lowest BCUT2D eigenvalue weighted by Crippen LogP contribution is -2.33. The fourth-order valence-electron chi connectivity index (χ4n) is 3.51. The molecule has 0 saturated carbocycles. The summed E-state index contributed by atoms with van der Waals surface area (Å²) < 4.78 is 5.30. The maximum atomic E-state index is 12.4. The number of hydrogen-bond donors (Lipinski definition) is 3.